The second-order valence-corrected chi connectivity index (χ2v) is 5.61. The first kappa shape index (κ1) is 16.1. The van der Waals surface area contributed by atoms with Crippen molar-refractivity contribution in [3.05, 3.63) is 65.7 Å². The minimum Gasteiger partial charge on any atom is -0.462 e. The summed E-state index contributed by atoms with van der Waals surface area (Å²) in [7, 11) is 0. The highest BCUT2D eigenvalue weighted by atomic mass is 19.1. The number of nitrogens with zero attached hydrogens (tertiary/aromatic N) is 1. The molecule has 1 fully saturated rings. The Morgan fingerprint density at radius 1 is 1.08 bits per heavy atom. The molecule has 0 radical (unpaired) electrons. The number of carbonyl (C=O) groups is 2. The monoisotopic (exact) mass is 331 g/mol. The fourth-order valence-electron chi connectivity index (χ4n) is 2.71. The third kappa shape index (κ3) is 3.27. The zero-order valence-corrected chi connectivity index (χ0v) is 12.7. The summed E-state index contributed by atoms with van der Waals surface area (Å²) in [5.74, 6) is -3.27. The number of amides is 1. The molecule has 1 atom stereocenters. The van der Waals surface area contributed by atoms with Gasteiger partial charge in [-0.1, -0.05) is 24.3 Å². The van der Waals surface area contributed by atoms with Gasteiger partial charge in [0.15, 0.2) is 0 Å². The molecule has 0 aromatic heterocycles. The van der Waals surface area contributed by atoms with Crippen LogP contribution in [0, 0.1) is 17.6 Å². The Balaban J connectivity index is 1.62. The molecule has 1 aliphatic heterocycles. The highest BCUT2D eigenvalue weighted by molar-refractivity contribution is 5.95. The van der Waals surface area contributed by atoms with E-state index in [1.54, 1.807) is 4.90 Å². The maximum Gasteiger partial charge on any atom is 0.344 e. The number of halogens is 2. The van der Waals surface area contributed by atoms with E-state index >= 15 is 0 Å². The van der Waals surface area contributed by atoms with Crippen LogP contribution in [0.15, 0.2) is 48.5 Å². The Bertz CT molecular complexity index is 744. The molecule has 0 unspecified atom stereocenters. The van der Waals surface area contributed by atoms with Crippen molar-refractivity contribution in [3.8, 4) is 0 Å². The van der Waals surface area contributed by atoms with Crippen LogP contribution in [0.3, 0.4) is 0 Å². The van der Waals surface area contributed by atoms with Crippen LogP contribution in [0.1, 0.15) is 16.8 Å². The Morgan fingerprint density at radius 2 is 1.75 bits per heavy atom. The minimum absolute atomic E-state index is 0.0678. The van der Waals surface area contributed by atoms with Crippen molar-refractivity contribution >= 4 is 17.6 Å². The van der Waals surface area contributed by atoms with Crippen LogP contribution in [-0.2, 0) is 9.53 Å². The van der Waals surface area contributed by atoms with Gasteiger partial charge in [-0.15, -0.1) is 0 Å². The minimum atomic E-state index is -1.06. The first-order valence-corrected chi connectivity index (χ1v) is 7.53. The molecule has 0 N–H and O–H groups in total. The lowest BCUT2D eigenvalue weighted by atomic mass is 10.1. The lowest BCUT2D eigenvalue weighted by Gasteiger charge is -2.16. The summed E-state index contributed by atoms with van der Waals surface area (Å²) in [6, 6.07) is 12.3. The Kier molecular flexibility index (Phi) is 4.55. The molecule has 4 nitrogen and oxygen atoms in total. The van der Waals surface area contributed by atoms with Crippen LogP contribution < -0.4 is 4.90 Å². The van der Waals surface area contributed by atoms with E-state index in [4.69, 9.17) is 4.74 Å². The van der Waals surface area contributed by atoms with Crippen molar-refractivity contribution in [1.82, 2.24) is 0 Å². The van der Waals surface area contributed by atoms with Crippen molar-refractivity contribution in [3.63, 3.8) is 0 Å². The SMILES string of the molecule is O=C(OC[C@@H]1CC(=O)N(c2ccccc2)C1)c1c(F)cccc1F. The number of para-hydroxylation sites is 1. The highest BCUT2D eigenvalue weighted by Gasteiger charge is 2.32. The highest BCUT2D eigenvalue weighted by Crippen LogP contribution is 2.25. The molecular formula is C18H15F2NO3. The topological polar surface area (TPSA) is 46.6 Å². The van der Waals surface area contributed by atoms with Crippen LogP contribution >= 0.6 is 0 Å². The molecule has 0 spiro atoms. The molecule has 3 rings (SSSR count). The summed E-state index contributed by atoms with van der Waals surface area (Å²) in [5, 5.41) is 0. The van der Waals surface area contributed by atoms with Gasteiger partial charge < -0.3 is 9.64 Å². The number of ether oxygens (including phenoxy) is 1. The zero-order chi connectivity index (χ0) is 17.1. The number of hydrogen-bond donors (Lipinski definition) is 0. The quantitative estimate of drug-likeness (QED) is 0.809. The molecule has 1 aliphatic rings. The summed E-state index contributed by atoms with van der Waals surface area (Å²) < 4.78 is 32.1. The number of benzene rings is 2. The van der Waals surface area contributed by atoms with E-state index in [-0.39, 0.29) is 24.9 Å². The number of esters is 1. The van der Waals surface area contributed by atoms with Crippen molar-refractivity contribution in [2.24, 2.45) is 5.92 Å². The van der Waals surface area contributed by atoms with Gasteiger partial charge in [-0.05, 0) is 24.3 Å². The molecule has 1 saturated heterocycles. The third-order valence-corrected chi connectivity index (χ3v) is 3.89. The molecule has 124 valence electrons. The Hall–Kier alpha value is -2.76. The molecule has 2 aromatic carbocycles. The second-order valence-electron chi connectivity index (χ2n) is 5.61. The predicted octanol–water partition coefficient (Wildman–Crippen LogP) is 3.17. The van der Waals surface area contributed by atoms with Gasteiger partial charge in [0.2, 0.25) is 5.91 Å². The van der Waals surface area contributed by atoms with Crippen molar-refractivity contribution in [2.75, 3.05) is 18.1 Å². The van der Waals surface area contributed by atoms with Crippen LogP contribution in [0.25, 0.3) is 0 Å². The molecule has 2 aromatic rings. The maximum absolute atomic E-state index is 13.5. The summed E-state index contributed by atoms with van der Waals surface area (Å²) in [4.78, 5) is 25.6. The largest absolute Gasteiger partial charge is 0.462 e. The normalized spacial score (nSPS) is 17.2. The lowest BCUT2D eigenvalue weighted by Crippen LogP contribution is -2.25. The van der Waals surface area contributed by atoms with E-state index < -0.39 is 23.2 Å². The first-order valence-electron chi connectivity index (χ1n) is 7.53. The molecule has 1 heterocycles. The third-order valence-electron chi connectivity index (χ3n) is 3.89. The molecule has 24 heavy (non-hydrogen) atoms. The van der Waals surface area contributed by atoms with Crippen LogP contribution in [0.5, 0.6) is 0 Å². The average molecular weight is 331 g/mol. The maximum atomic E-state index is 13.5. The fourth-order valence-corrected chi connectivity index (χ4v) is 2.71. The van der Waals surface area contributed by atoms with Gasteiger partial charge in [-0.2, -0.15) is 0 Å². The van der Waals surface area contributed by atoms with E-state index in [0.29, 0.717) is 6.54 Å². The van der Waals surface area contributed by atoms with Gasteiger partial charge in [0.1, 0.15) is 17.2 Å². The number of rotatable bonds is 4. The first-order chi connectivity index (χ1) is 11.6. The summed E-state index contributed by atoms with van der Waals surface area (Å²) in [6.07, 6.45) is 0.224. The zero-order valence-electron chi connectivity index (χ0n) is 12.7. The number of carbonyl (C=O) groups excluding carboxylic acids is 2. The van der Waals surface area contributed by atoms with Gasteiger partial charge in [-0.3, -0.25) is 4.79 Å². The number of anilines is 1. The van der Waals surface area contributed by atoms with Crippen LogP contribution in [0.4, 0.5) is 14.5 Å². The van der Waals surface area contributed by atoms with Crippen molar-refractivity contribution in [1.29, 1.82) is 0 Å². The van der Waals surface area contributed by atoms with Crippen molar-refractivity contribution < 1.29 is 23.1 Å². The van der Waals surface area contributed by atoms with E-state index in [0.717, 1.165) is 17.8 Å². The van der Waals surface area contributed by atoms with Gasteiger partial charge in [-0.25, -0.2) is 13.6 Å². The van der Waals surface area contributed by atoms with E-state index in [1.807, 2.05) is 30.3 Å². The molecular weight excluding hydrogens is 316 g/mol. The standard InChI is InChI=1S/C18H15F2NO3/c19-14-7-4-8-15(20)17(14)18(23)24-11-12-9-16(22)21(10-12)13-5-2-1-3-6-13/h1-8,12H,9-11H2/t12-/m1/s1. The van der Waals surface area contributed by atoms with Crippen LogP contribution in [0.2, 0.25) is 0 Å². The second kappa shape index (κ2) is 6.78. The van der Waals surface area contributed by atoms with Gasteiger partial charge in [0, 0.05) is 24.6 Å². The predicted molar refractivity (Wildman–Crippen MR) is 83.5 cm³/mol. The Labute approximate surface area is 137 Å². The van der Waals surface area contributed by atoms with Gasteiger partial charge >= 0.3 is 5.97 Å². The van der Waals surface area contributed by atoms with Crippen molar-refractivity contribution in [2.45, 2.75) is 6.42 Å². The average Bonchev–Trinajstić information content (AvgIpc) is 2.94. The summed E-state index contributed by atoms with van der Waals surface area (Å²) in [6.45, 7) is 0.331. The lowest BCUT2D eigenvalue weighted by molar-refractivity contribution is -0.117. The molecule has 1 amide bonds. The smallest absolute Gasteiger partial charge is 0.344 e. The Morgan fingerprint density at radius 3 is 2.42 bits per heavy atom. The molecule has 0 saturated carbocycles. The van der Waals surface area contributed by atoms with E-state index in [2.05, 4.69) is 0 Å². The molecule has 6 heteroatoms. The molecule has 0 aliphatic carbocycles. The van der Waals surface area contributed by atoms with E-state index in [1.165, 1.54) is 6.07 Å². The fraction of sp³-hybridized carbons (Fsp3) is 0.222. The summed E-state index contributed by atoms with van der Waals surface area (Å²) >= 11 is 0. The molecule has 0 bridgehead atoms. The van der Waals surface area contributed by atoms with Gasteiger partial charge in [0.25, 0.3) is 0 Å². The van der Waals surface area contributed by atoms with Crippen LogP contribution in [-0.4, -0.2) is 25.0 Å². The van der Waals surface area contributed by atoms with Gasteiger partial charge in [0.05, 0.1) is 6.61 Å². The number of hydrogen-bond acceptors (Lipinski definition) is 3. The van der Waals surface area contributed by atoms with E-state index in [9.17, 15) is 18.4 Å². The summed E-state index contributed by atoms with van der Waals surface area (Å²) in [5.41, 5.74) is 0.0678.